The second kappa shape index (κ2) is 5.95. The van der Waals surface area contributed by atoms with Crippen molar-refractivity contribution in [2.45, 2.75) is 20.3 Å². The molecule has 0 aliphatic carbocycles. The van der Waals surface area contributed by atoms with Crippen molar-refractivity contribution >= 4 is 11.5 Å². The Kier molecular flexibility index (Phi) is 4.57. The Morgan fingerprint density at radius 3 is 2.69 bits per heavy atom. The van der Waals surface area contributed by atoms with Crippen molar-refractivity contribution in [1.82, 2.24) is 4.98 Å². The first-order chi connectivity index (χ1) is 7.72. The highest BCUT2D eigenvalue weighted by Crippen LogP contribution is 2.13. The summed E-state index contributed by atoms with van der Waals surface area (Å²) in [5, 5.41) is 11.4. The van der Waals surface area contributed by atoms with Crippen LogP contribution in [0.5, 0.6) is 0 Å². The third-order valence-electron chi connectivity index (χ3n) is 2.36. The smallest absolute Gasteiger partial charge is 0.188 e. The topological polar surface area (TPSA) is 74.7 Å². The average molecular weight is 222 g/mol. The van der Waals surface area contributed by atoms with E-state index in [9.17, 15) is 0 Å². The molecule has 5 nitrogen and oxygen atoms in total. The molecule has 0 radical (unpaired) electrons. The van der Waals surface area contributed by atoms with Crippen molar-refractivity contribution < 1.29 is 5.21 Å². The number of nitrogens with two attached hydrogens (primary N) is 1. The van der Waals surface area contributed by atoms with Gasteiger partial charge >= 0.3 is 0 Å². The number of anilines is 1. The molecule has 0 aromatic carbocycles. The molecular formula is C11H18N4O. The van der Waals surface area contributed by atoms with Crippen LogP contribution in [0.3, 0.4) is 0 Å². The molecule has 0 atom stereocenters. The van der Waals surface area contributed by atoms with E-state index in [1.165, 1.54) is 0 Å². The van der Waals surface area contributed by atoms with Crippen molar-refractivity contribution in [2.24, 2.45) is 10.9 Å². The maximum absolute atomic E-state index is 8.51. The predicted molar refractivity (Wildman–Crippen MR) is 64.9 cm³/mol. The first-order valence-corrected chi connectivity index (χ1v) is 5.41. The highest BCUT2D eigenvalue weighted by Gasteiger charge is 2.05. The summed E-state index contributed by atoms with van der Waals surface area (Å²) in [6.45, 7) is 6.19. The number of amidine groups is 1. The molecule has 0 spiro atoms. The number of oxime groups is 1. The van der Waals surface area contributed by atoms with Gasteiger partial charge in [-0.3, -0.25) is 4.98 Å². The van der Waals surface area contributed by atoms with Crippen LogP contribution in [-0.2, 0) is 0 Å². The summed E-state index contributed by atoms with van der Waals surface area (Å²) >= 11 is 0. The number of hydrogen-bond donors (Lipinski definition) is 2. The zero-order chi connectivity index (χ0) is 12.0. The molecule has 16 heavy (non-hydrogen) atoms. The van der Waals surface area contributed by atoms with Gasteiger partial charge in [0, 0.05) is 13.1 Å². The number of nitrogens with zero attached hydrogens (tertiary/aromatic N) is 3. The van der Waals surface area contributed by atoms with Gasteiger partial charge in [-0.2, -0.15) is 0 Å². The van der Waals surface area contributed by atoms with Gasteiger partial charge in [0.15, 0.2) is 5.84 Å². The molecular weight excluding hydrogens is 204 g/mol. The Labute approximate surface area is 95.6 Å². The monoisotopic (exact) mass is 222 g/mol. The molecule has 0 amide bonds. The molecule has 1 aromatic rings. The first-order valence-electron chi connectivity index (χ1n) is 5.41. The number of aromatic nitrogens is 1. The Bertz CT molecular complexity index is 348. The Balaban J connectivity index is 2.84. The van der Waals surface area contributed by atoms with E-state index < -0.39 is 0 Å². The molecule has 1 rings (SSSR count). The maximum atomic E-state index is 8.51. The summed E-state index contributed by atoms with van der Waals surface area (Å²) in [5.41, 5.74) is 6.97. The summed E-state index contributed by atoms with van der Waals surface area (Å²) in [4.78, 5) is 6.37. The molecule has 0 unspecified atom stereocenters. The van der Waals surface area contributed by atoms with Gasteiger partial charge in [0.05, 0.1) is 11.9 Å². The average Bonchev–Trinajstić information content (AvgIpc) is 2.35. The fourth-order valence-corrected chi connectivity index (χ4v) is 1.52. The summed E-state index contributed by atoms with van der Waals surface area (Å²) in [5.74, 6) is 0.0325. The Morgan fingerprint density at radius 1 is 1.50 bits per heavy atom. The van der Waals surface area contributed by atoms with E-state index >= 15 is 0 Å². The van der Waals surface area contributed by atoms with Crippen molar-refractivity contribution in [3.63, 3.8) is 0 Å². The van der Waals surface area contributed by atoms with Crippen molar-refractivity contribution in [3.8, 4) is 0 Å². The fourth-order valence-electron chi connectivity index (χ4n) is 1.52. The van der Waals surface area contributed by atoms with E-state index in [1.54, 1.807) is 12.3 Å². The van der Waals surface area contributed by atoms with Crippen LogP contribution >= 0.6 is 0 Å². The molecule has 0 aliphatic heterocycles. The minimum atomic E-state index is 0.0325. The van der Waals surface area contributed by atoms with E-state index in [2.05, 4.69) is 28.9 Å². The van der Waals surface area contributed by atoms with E-state index in [1.807, 2.05) is 6.07 Å². The van der Waals surface area contributed by atoms with Crippen LogP contribution in [0.4, 0.5) is 5.69 Å². The third-order valence-corrected chi connectivity index (χ3v) is 2.36. The molecule has 1 heterocycles. The van der Waals surface area contributed by atoms with E-state index in [-0.39, 0.29) is 5.84 Å². The SMILES string of the molecule is CCCN(CC)c1ccc(/C(N)=N/O)nc1. The number of rotatable bonds is 5. The van der Waals surface area contributed by atoms with Crippen LogP contribution in [0, 0.1) is 0 Å². The lowest BCUT2D eigenvalue weighted by Gasteiger charge is -2.21. The van der Waals surface area contributed by atoms with E-state index in [4.69, 9.17) is 10.9 Å². The molecule has 0 saturated carbocycles. The highest BCUT2D eigenvalue weighted by molar-refractivity contribution is 5.95. The normalized spacial score (nSPS) is 11.5. The summed E-state index contributed by atoms with van der Waals surface area (Å²) < 4.78 is 0. The van der Waals surface area contributed by atoms with Gasteiger partial charge in [0.1, 0.15) is 5.69 Å². The number of hydrogen-bond acceptors (Lipinski definition) is 4. The van der Waals surface area contributed by atoms with Crippen LogP contribution in [-0.4, -0.2) is 29.1 Å². The van der Waals surface area contributed by atoms with Crippen LogP contribution in [0.25, 0.3) is 0 Å². The Morgan fingerprint density at radius 2 is 2.25 bits per heavy atom. The zero-order valence-corrected chi connectivity index (χ0v) is 9.72. The predicted octanol–water partition coefficient (Wildman–Crippen LogP) is 1.41. The quantitative estimate of drug-likeness (QED) is 0.342. The molecule has 3 N–H and O–H groups in total. The summed E-state index contributed by atoms with van der Waals surface area (Å²) in [7, 11) is 0. The maximum Gasteiger partial charge on any atom is 0.188 e. The van der Waals surface area contributed by atoms with E-state index in [0.29, 0.717) is 5.69 Å². The van der Waals surface area contributed by atoms with Crippen molar-refractivity contribution in [2.75, 3.05) is 18.0 Å². The molecule has 0 bridgehead atoms. The standard InChI is InChI=1S/C11H18N4O/c1-3-7-15(4-2)9-5-6-10(13-8-9)11(12)14-16/h5-6,8,16H,3-4,7H2,1-2H3,(H2,12,14). The van der Waals surface area contributed by atoms with Crippen LogP contribution in [0.2, 0.25) is 0 Å². The fraction of sp³-hybridized carbons (Fsp3) is 0.455. The molecule has 0 aliphatic rings. The molecule has 5 heteroatoms. The van der Waals surface area contributed by atoms with Crippen LogP contribution < -0.4 is 10.6 Å². The van der Waals surface area contributed by atoms with Gasteiger partial charge in [-0.15, -0.1) is 0 Å². The summed E-state index contributed by atoms with van der Waals surface area (Å²) in [6, 6.07) is 3.68. The van der Waals surface area contributed by atoms with Crippen LogP contribution in [0.1, 0.15) is 26.0 Å². The Hall–Kier alpha value is -1.78. The lowest BCUT2D eigenvalue weighted by molar-refractivity contribution is 0.318. The van der Waals surface area contributed by atoms with Crippen molar-refractivity contribution in [3.05, 3.63) is 24.0 Å². The summed E-state index contributed by atoms with van der Waals surface area (Å²) in [6.07, 6.45) is 2.84. The van der Waals surface area contributed by atoms with Gasteiger partial charge in [-0.05, 0) is 25.5 Å². The lowest BCUT2D eigenvalue weighted by atomic mass is 10.3. The second-order valence-electron chi connectivity index (χ2n) is 3.47. The van der Waals surface area contributed by atoms with Gasteiger partial charge in [-0.1, -0.05) is 12.1 Å². The van der Waals surface area contributed by atoms with Crippen LogP contribution in [0.15, 0.2) is 23.5 Å². The largest absolute Gasteiger partial charge is 0.409 e. The number of pyridine rings is 1. The second-order valence-corrected chi connectivity index (χ2v) is 3.47. The minimum absolute atomic E-state index is 0.0325. The van der Waals surface area contributed by atoms with Gasteiger partial charge < -0.3 is 15.8 Å². The highest BCUT2D eigenvalue weighted by atomic mass is 16.4. The molecule has 0 saturated heterocycles. The van der Waals surface area contributed by atoms with Gasteiger partial charge in [0.2, 0.25) is 0 Å². The molecule has 1 aromatic heterocycles. The molecule has 0 fully saturated rings. The lowest BCUT2D eigenvalue weighted by Crippen LogP contribution is -2.24. The van der Waals surface area contributed by atoms with Gasteiger partial charge in [0.25, 0.3) is 0 Å². The molecule has 88 valence electrons. The van der Waals surface area contributed by atoms with Gasteiger partial charge in [-0.25, -0.2) is 0 Å². The van der Waals surface area contributed by atoms with E-state index in [0.717, 1.165) is 25.2 Å². The van der Waals surface area contributed by atoms with Crippen molar-refractivity contribution in [1.29, 1.82) is 0 Å². The zero-order valence-electron chi connectivity index (χ0n) is 9.72. The third kappa shape index (κ3) is 2.85. The first kappa shape index (κ1) is 12.3. The minimum Gasteiger partial charge on any atom is -0.409 e.